The van der Waals surface area contributed by atoms with E-state index in [1.54, 1.807) is 0 Å². The zero-order valence-electron chi connectivity index (χ0n) is 14.8. The Kier molecular flexibility index (Phi) is 3.85. The Labute approximate surface area is 144 Å². The third-order valence-corrected chi connectivity index (χ3v) is 6.74. The van der Waals surface area contributed by atoms with Gasteiger partial charge in [-0.2, -0.15) is 0 Å². The fourth-order valence-electron chi connectivity index (χ4n) is 6.04. The molecule has 1 N–H and O–H groups in total. The third-order valence-electron chi connectivity index (χ3n) is 6.74. The van der Waals surface area contributed by atoms with Crippen molar-refractivity contribution >= 4 is 5.97 Å². The first kappa shape index (κ1) is 16.0. The molecule has 4 saturated carbocycles. The highest BCUT2D eigenvalue weighted by atomic mass is 16.5. The maximum absolute atomic E-state index is 11.2. The lowest BCUT2D eigenvalue weighted by Gasteiger charge is -2.57. The minimum atomic E-state index is -0.887. The molecule has 4 fully saturated rings. The first-order valence-corrected chi connectivity index (χ1v) is 9.49. The number of carboxylic acid groups (broad SMARTS) is 1. The maximum atomic E-state index is 11.2. The van der Waals surface area contributed by atoms with Gasteiger partial charge in [-0.05, 0) is 92.2 Å². The van der Waals surface area contributed by atoms with E-state index in [-0.39, 0.29) is 0 Å². The zero-order chi connectivity index (χ0) is 16.9. The Bertz CT molecular complexity index is 613. The van der Waals surface area contributed by atoms with Crippen LogP contribution < -0.4 is 4.74 Å². The number of carboxylic acids is 1. The van der Waals surface area contributed by atoms with E-state index >= 15 is 0 Å². The summed E-state index contributed by atoms with van der Waals surface area (Å²) < 4.78 is 5.73. The molecule has 1 aromatic rings. The highest BCUT2D eigenvalue weighted by Crippen LogP contribution is 2.60. The molecule has 0 spiro atoms. The van der Waals surface area contributed by atoms with Gasteiger partial charge in [-0.1, -0.05) is 19.1 Å². The molecule has 0 radical (unpaired) electrons. The van der Waals surface area contributed by atoms with Crippen LogP contribution in [0.1, 0.15) is 63.0 Å². The summed E-state index contributed by atoms with van der Waals surface area (Å²) in [7, 11) is 0. The maximum Gasteiger partial charge on any atom is 0.344 e. The van der Waals surface area contributed by atoms with Crippen LogP contribution in [0.2, 0.25) is 0 Å². The van der Waals surface area contributed by atoms with Crippen LogP contribution >= 0.6 is 0 Å². The molecule has 3 nitrogen and oxygen atoms in total. The van der Waals surface area contributed by atoms with E-state index in [2.05, 4.69) is 12.1 Å². The van der Waals surface area contributed by atoms with Gasteiger partial charge in [0, 0.05) is 0 Å². The number of ether oxygens (including phenoxy) is 1. The number of hydrogen-bond donors (Lipinski definition) is 1. The Morgan fingerprint density at radius 2 is 1.79 bits per heavy atom. The van der Waals surface area contributed by atoms with Crippen molar-refractivity contribution in [1.82, 2.24) is 0 Å². The molecule has 0 amide bonds. The first-order chi connectivity index (χ1) is 11.5. The molecule has 0 aliphatic heterocycles. The SMILES string of the molecule is CCC(Oc1ccc(C23CC4CC(CC(C4)C2)C3)cc1C)C(=O)O. The van der Waals surface area contributed by atoms with E-state index < -0.39 is 12.1 Å². The molecule has 0 aromatic heterocycles. The second-order valence-corrected chi connectivity index (χ2v) is 8.53. The first-order valence-electron chi connectivity index (χ1n) is 9.49. The van der Waals surface area contributed by atoms with Crippen molar-refractivity contribution in [3.05, 3.63) is 29.3 Å². The van der Waals surface area contributed by atoms with Crippen LogP contribution in [0.5, 0.6) is 5.75 Å². The molecule has 5 rings (SSSR count). The number of aryl methyl sites for hydroxylation is 1. The van der Waals surface area contributed by atoms with E-state index in [1.165, 1.54) is 44.1 Å². The summed E-state index contributed by atoms with van der Waals surface area (Å²) in [5, 5.41) is 9.21. The van der Waals surface area contributed by atoms with Gasteiger partial charge in [0.05, 0.1) is 0 Å². The van der Waals surface area contributed by atoms with Crippen molar-refractivity contribution in [1.29, 1.82) is 0 Å². The quantitative estimate of drug-likeness (QED) is 0.852. The molecule has 1 atom stereocenters. The topological polar surface area (TPSA) is 46.5 Å². The van der Waals surface area contributed by atoms with Crippen molar-refractivity contribution in [2.24, 2.45) is 17.8 Å². The van der Waals surface area contributed by atoms with Crippen LogP contribution in [0.25, 0.3) is 0 Å². The van der Waals surface area contributed by atoms with E-state index in [0.717, 1.165) is 29.1 Å². The number of hydrogen-bond acceptors (Lipinski definition) is 2. The van der Waals surface area contributed by atoms with Crippen LogP contribution in [-0.2, 0) is 10.2 Å². The molecule has 130 valence electrons. The lowest BCUT2D eigenvalue weighted by Crippen LogP contribution is -2.48. The summed E-state index contributed by atoms with van der Waals surface area (Å²) in [5.41, 5.74) is 2.92. The van der Waals surface area contributed by atoms with E-state index in [4.69, 9.17) is 4.74 Å². The average molecular weight is 328 g/mol. The van der Waals surface area contributed by atoms with Crippen molar-refractivity contribution in [2.75, 3.05) is 0 Å². The lowest BCUT2D eigenvalue weighted by molar-refractivity contribution is -0.145. The molecular weight excluding hydrogens is 300 g/mol. The Hall–Kier alpha value is -1.51. The average Bonchev–Trinajstić information content (AvgIpc) is 2.52. The van der Waals surface area contributed by atoms with Crippen LogP contribution in [0, 0.1) is 24.7 Å². The summed E-state index contributed by atoms with van der Waals surface area (Å²) in [6.45, 7) is 3.89. The van der Waals surface area contributed by atoms with Gasteiger partial charge in [0.1, 0.15) is 5.75 Å². The van der Waals surface area contributed by atoms with E-state index in [0.29, 0.717) is 11.8 Å². The predicted octanol–water partition coefficient (Wildman–Crippen LogP) is 4.70. The molecule has 1 unspecified atom stereocenters. The van der Waals surface area contributed by atoms with Crippen molar-refractivity contribution in [3.63, 3.8) is 0 Å². The minimum absolute atomic E-state index is 0.384. The predicted molar refractivity (Wildman–Crippen MR) is 93.4 cm³/mol. The number of carbonyl (C=O) groups is 1. The second kappa shape index (κ2) is 5.79. The van der Waals surface area contributed by atoms with Crippen LogP contribution in [0.3, 0.4) is 0 Å². The largest absolute Gasteiger partial charge is 0.479 e. The smallest absolute Gasteiger partial charge is 0.344 e. The molecule has 3 heteroatoms. The molecule has 24 heavy (non-hydrogen) atoms. The van der Waals surface area contributed by atoms with Gasteiger partial charge in [0.25, 0.3) is 0 Å². The highest BCUT2D eigenvalue weighted by Gasteiger charge is 2.51. The third kappa shape index (κ3) is 2.62. The van der Waals surface area contributed by atoms with Gasteiger partial charge < -0.3 is 9.84 Å². The number of rotatable bonds is 5. The van der Waals surface area contributed by atoms with Crippen molar-refractivity contribution in [2.45, 2.75) is 70.3 Å². The fourth-order valence-corrected chi connectivity index (χ4v) is 6.04. The monoisotopic (exact) mass is 328 g/mol. The molecular formula is C21H28O3. The summed E-state index contributed by atoms with van der Waals surface area (Å²) in [5.74, 6) is 2.64. The van der Waals surface area contributed by atoms with Gasteiger partial charge in [-0.3, -0.25) is 0 Å². The van der Waals surface area contributed by atoms with Gasteiger partial charge >= 0.3 is 5.97 Å². The molecule has 0 saturated heterocycles. The summed E-state index contributed by atoms with van der Waals surface area (Å²) >= 11 is 0. The normalized spacial score (nSPS) is 35.0. The Morgan fingerprint density at radius 3 is 2.25 bits per heavy atom. The molecule has 1 aromatic carbocycles. The molecule has 4 bridgehead atoms. The molecule has 4 aliphatic carbocycles. The highest BCUT2D eigenvalue weighted by molar-refractivity contribution is 5.72. The minimum Gasteiger partial charge on any atom is -0.479 e. The number of benzene rings is 1. The van der Waals surface area contributed by atoms with Crippen molar-refractivity contribution < 1.29 is 14.6 Å². The summed E-state index contributed by atoms with van der Waals surface area (Å²) in [4.78, 5) is 11.2. The van der Waals surface area contributed by atoms with E-state index in [9.17, 15) is 9.90 Å². The van der Waals surface area contributed by atoms with Crippen LogP contribution in [-0.4, -0.2) is 17.2 Å². The van der Waals surface area contributed by atoms with Crippen LogP contribution in [0.4, 0.5) is 0 Å². The van der Waals surface area contributed by atoms with E-state index in [1.807, 2.05) is 19.9 Å². The van der Waals surface area contributed by atoms with Gasteiger partial charge in [0.2, 0.25) is 0 Å². The van der Waals surface area contributed by atoms with Crippen molar-refractivity contribution in [3.8, 4) is 5.75 Å². The fraction of sp³-hybridized carbons (Fsp3) is 0.667. The van der Waals surface area contributed by atoms with Gasteiger partial charge in [-0.15, -0.1) is 0 Å². The zero-order valence-corrected chi connectivity index (χ0v) is 14.8. The molecule has 4 aliphatic rings. The summed E-state index contributed by atoms with van der Waals surface area (Å²) in [6, 6.07) is 6.50. The Balaban J connectivity index is 1.59. The van der Waals surface area contributed by atoms with Gasteiger partial charge in [0.15, 0.2) is 6.10 Å². The standard InChI is InChI=1S/C21H28O3/c1-3-18(20(22)23)24-19-5-4-17(6-13(19)2)21-10-14-7-15(11-21)9-16(8-14)12-21/h4-6,14-16,18H,3,7-12H2,1-2H3,(H,22,23). The van der Waals surface area contributed by atoms with Crippen LogP contribution in [0.15, 0.2) is 18.2 Å². The Morgan fingerprint density at radius 1 is 1.21 bits per heavy atom. The van der Waals surface area contributed by atoms with Gasteiger partial charge in [-0.25, -0.2) is 4.79 Å². The molecule has 0 heterocycles. The second-order valence-electron chi connectivity index (χ2n) is 8.53. The summed E-state index contributed by atoms with van der Waals surface area (Å²) in [6.07, 6.45) is 8.14. The number of aliphatic carboxylic acids is 1. The lowest BCUT2D eigenvalue weighted by atomic mass is 9.48.